The van der Waals surface area contributed by atoms with Gasteiger partial charge in [0.25, 0.3) is 5.91 Å². The summed E-state index contributed by atoms with van der Waals surface area (Å²) in [5.41, 5.74) is 3.48. The van der Waals surface area contributed by atoms with Crippen molar-refractivity contribution in [2.24, 2.45) is 0 Å². The fraction of sp³-hybridized carbons (Fsp3) is 0.333. The second kappa shape index (κ2) is 6.23. The van der Waals surface area contributed by atoms with Gasteiger partial charge < -0.3 is 15.2 Å². The lowest BCUT2D eigenvalue weighted by atomic mass is 10.1. The molecule has 0 spiro atoms. The Hall–Kier alpha value is -2.30. The van der Waals surface area contributed by atoms with E-state index in [1.165, 1.54) is 0 Å². The van der Waals surface area contributed by atoms with Gasteiger partial charge in [0.15, 0.2) is 0 Å². The van der Waals surface area contributed by atoms with E-state index in [1.54, 1.807) is 6.07 Å². The van der Waals surface area contributed by atoms with E-state index in [9.17, 15) is 4.79 Å². The first-order valence-electron chi connectivity index (χ1n) is 6.65. The van der Waals surface area contributed by atoms with Crippen molar-refractivity contribution in [3.63, 3.8) is 0 Å². The van der Waals surface area contributed by atoms with Gasteiger partial charge in [0.05, 0.1) is 5.69 Å². The van der Waals surface area contributed by atoms with Crippen molar-refractivity contribution < 1.29 is 9.32 Å². The van der Waals surface area contributed by atoms with Gasteiger partial charge in [0, 0.05) is 29.9 Å². The summed E-state index contributed by atoms with van der Waals surface area (Å²) in [6.45, 7) is 6.95. The maximum Gasteiger partial charge on any atom is 0.251 e. The summed E-state index contributed by atoms with van der Waals surface area (Å²) in [4.78, 5) is 11.8. The van der Waals surface area contributed by atoms with E-state index in [1.807, 2.05) is 39.0 Å². The van der Waals surface area contributed by atoms with Gasteiger partial charge in [0.2, 0.25) is 0 Å². The third-order valence-corrected chi connectivity index (χ3v) is 3.11. The predicted molar refractivity (Wildman–Crippen MR) is 77.8 cm³/mol. The highest BCUT2D eigenvalue weighted by atomic mass is 16.5. The fourth-order valence-electron chi connectivity index (χ4n) is 1.98. The van der Waals surface area contributed by atoms with Gasteiger partial charge in [-0.15, -0.1) is 0 Å². The van der Waals surface area contributed by atoms with Crippen molar-refractivity contribution >= 4 is 11.6 Å². The number of carbonyl (C=O) groups excluding carboxylic acids is 1. The van der Waals surface area contributed by atoms with Gasteiger partial charge >= 0.3 is 0 Å². The van der Waals surface area contributed by atoms with Gasteiger partial charge in [-0.3, -0.25) is 4.79 Å². The van der Waals surface area contributed by atoms with E-state index < -0.39 is 0 Å². The number of benzene rings is 1. The Morgan fingerprint density at radius 3 is 2.80 bits per heavy atom. The number of nitrogens with zero attached hydrogens (tertiary/aromatic N) is 1. The Kier molecular flexibility index (Phi) is 4.40. The van der Waals surface area contributed by atoms with Gasteiger partial charge in [-0.1, -0.05) is 11.2 Å². The number of hydrogen-bond acceptors (Lipinski definition) is 4. The van der Waals surface area contributed by atoms with E-state index in [0.717, 1.165) is 22.7 Å². The second-order valence-electron chi connectivity index (χ2n) is 4.60. The van der Waals surface area contributed by atoms with Crippen molar-refractivity contribution in [3.05, 3.63) is 46.8 Å². The molecule has 1 aromatic heterocycles. The van der Waals surface area contributed by atoms with Gasteiger partial charge in [-0.25, -0.2) is 0 Å². The molecule has 1 amide bonds. The zero-order chi connectivity index (χ0) is 14.5. The molecule has 0 aliphatic rings. The molecule has 0 aliphatic carbocycles. The second-order valence-corrected chi connectivity index (χ2v) is 4.60. The summed E-state index contributed by atoms with van der Waals surface area (Å²) in [6.07, 6.45) is 0. The van der Waals surface area contributed by atoms with Crippen LogP contribution in [0.5, 0.6) is 0 Å². The normalized spacial score (nSPS) is 10.3. The monoisotopic (exact) mass is 273 g/mol. The molecule has 2 N–H and O–H groups in total. The number of aryl methyl sites for hydroxylation is 2. The van der Waals surface area contributed by atoms with E-state index in [4.69, 9.17) is 4.52 Å². The Labute approximate surface area is 118 Å². The van der Waals surface area contributed by atoms with E-state index in [2.05, 4.69) is 15.8 Å². The molecule has 1 heterocycles. The average Bonchev–Trinajstić information content (AvgIpc) is 2.76. The maximum absolute atomic E-state index is 11.8. The molecule has 0 saturated heterocycles. The molecule has 2 aromatic rings. The molecule has 0 fully saturated rings. The third-order valence-electron chi connectivity index (χ3n) is 3.11. The van der Waals surface area contributed by atoms with E-state index in [-0.39, 0.29) is 5.91 Å². The molecule has 106 valence electrons. The molecule has 5 heteroatoms. The highest BCUT2D eigenvalue weighted by Crippen LogP contribution is 2.16. The first kappa shape index (κ1) is 14.1. The van der Waals surface area contributed by atoms with Crippen molar-refractivity contribution in [3.8, 4) is 0 Å². The SMILES string of the molecule is CCNC(=O)c1cccc(NCc2c(C)noc2C)c1. The Bertz CT molecular complexity index is 585. The van der Waals surface area contributed by atoms with Crippen LogP contribution in [-0.4, -0.2) is 17.6 Å². The lowest BCUT2D eigenvalue weighted by Gasteiger charge is -2.08. The molecular formula is C15H19N3O2. The van der Waals surface area contributed by atoms with Crippen molar-refractivity contribution in [2.45, 2.75) is 27.3 Å². The Morgan fingerprint density at radius 1 is 1.35 bits per heavy atom. The molecule has 5 nitrogen and oxygen atoms in total. The number of aromatic nitrogens is 1. The largest absolute Gasteiger partial charge is 0.381 e. The first-order chi connectivity index (χ1) is 9.61. The smallest absolute Gasteiger partial charge is 0.251 e. The van der Waals surface area contributed by atoms with Gasteiger partial charge in [-0.05, 0) is 39.0 Å². The quantitative estimate of drug-likeness (QED) is 0.879. The first-order valence-corrected chi connectivity index (χ1v) is 6.65. The molecule has 1 aromatic carbocycles. The molecule has 0 aliphatic heterocycles. The molecule has 2 rings (SSSR count). The van der Waals surface area contributed by atoms with Crippen LogP contribution in [0.3, 0.4) is 0 Å². The van der Waals surface area contributed by atoms with Crippen molar-refractivity contribution in [1.82, 2.24) is 10.5 Å². The average molecular weight is 273 g/mol. The maximum atomic E-state index is 11.8. The summed E-state index contributed by atoms with van der Waals surface area (Å²) < 4.78 is 5.12. The highest BCUT2D eigenvalue weighted by molar-refractivity contribution is 5.95. The lowest BCUT2D eigenvalue weighted by Crippen LogP contribution is -2.22. The van der Waals surface area contributed by atoms with Crippen LogP contribution in [0.2, 0.25) is 0 Å². The van der Waals surface area contributed by atoms with Crippen LogP contribution in [0.1, 0.15) is 34.3 Å². The van der Waals surface area contributed by atoms with Gasteiger partial charge in [-0.2, -0.15) is 0 Å². The number of hydrogen-bond donors (Lipinski definition) is 2. The standard InChI is InChI=1S/C15H19N3O2/c1-4-16-15(19)12-6-5-7-13(8-12)17-9-14-10(2)18-20-11(14)3/h5-8,17H,4,9H2,1-3H3,(H,16,19). The minimum atomic E-state index is -0.0616. The predicted octanol–water partition coefficient (Wildman–Crippen LogP) is 2.65. The molecule has 0 bridgehead atoms. The molecule has 0 radical (unpaired) electrons. The molecular weight excluding hydrogens is 254 g/mol. The van der Waals surface area contributed by atoms with Crippen LogP contribution >= 0.6 is 0 Å². The third kappa shape index (κ3) is 3.17. The zero-order valence-electron chi connectivity index (χ0n) is 12.0. The van der Waals surface area contributed by atoms with Crippen LogP contribution < -0.4 is 10.6 Å². The van der Waals surface area contributed by atoms with Crippen LogP contribution in [-0.2, 0) is 6.54 Å². The zero-order valence-corrected chi connectivity index (χ0v) is 12.0. The van der Waals surface area contributed by atoms with Crippen LogP contribution in [0.15, 0.2) is 28.8 Å². The van der Waals surface area contributed by atoms with Crippen LogP contribution in [0.4, 0.5) is 5.69 Å². The lowest BCUT2D eigenvalue weighted by molar-refractivity contribution is 0.0956. The molecule has 20 heavy (non-hydrogen) atoms. The minimum Gasteiger partial charge on any atom is -0.381 e. The molecule has 0 atom stereocenters. The Morgan fingerprint density at radius 2 is 2.15 bits per heavy atom. The molecule has 0 saturated carbocycles. The number of rotatable bonds is 5. The van der Waals surface area contributed by atoms with E-state index >= 15 is 0 Å². The number of amides is 1. The van der Waals surface area contributed by atoms with Crippen molar-refractivity contribution in [1.29, 1.82) is 0 Å². The number of nitrogens with one attached hydrogen (secondary N) is 2. The summed E-state index contributed by atoms with van der Waals surface area (Å²) in [6, 6.07) is 7.43. The molecule has 0 unspecified atom stereocenters. The fourth-order valence-corrected chi connectivity index (χ4v) is 1.98. The summed E-state index contributed by atoms with van der Waals surface area (Å²) in [5.74, 6) is 0.753. The summed E-state index contributed by atoms with van der Waals surface area (Å²) in [7, 11) is 0. The van der Waals surface area contributed by atoms with Crippen molar-refractivity contribution in [2.75, 3.05) is 11.9 Å². The van der Waals surface area contributed by atoms with Crippen LogP contribution in [0, 0.1) is 13.8 Å². The van der Waals surface area contributed by atoms with Gasteiger partial charge in [0.1, 0.15) is 5.76 Å². The summed E-state index contributed by atoms with van der Waals surface area (Å²) >= 11 is 0. The minimum absolute atomic E-state index is 0.0616. The number of anilines is 1. The summed E-state index contributed by atoms with van der Waals surface area (Å²) in [5, 5.41) is 9.99. The van der Waals surface area contributed by atoms with E-state index in [0.29, 0.717) is 18.7 Å². The topological polar surface area (TPSA) is 67.2 Å². The Balaban J connectivity index is 2.07. The highest BCUT2D eigenvalue weighted by Gasteiger charge is 2.09. The number of carbonyl (C=O) groups is 1. The van der Waals surface area contributed by atoms with Crippen LogP contribution in [0.25, 0.3) is 0 Å².